The van der Waals surface area contributed by atoms with Crippen molar-refractivity contribution < 1.29 is 28.0 Å². The van der Waals surface area contributed by atoms with Gasteiger partial charge in [-0.05, 0) is 36.8 Å². The summed E-state index contributed by atoms with van der Waals surface area (Å²) in [6.07, 6.45) is 0.484. The lowest BCUT2D eigenvalue weighted by atomic mass is 10.2. The van der Waals surface area contributed by atoms with Gasteiger partial charge in [-0.2, -0.15) is 0 Å². The molecule has 0 bridgehead atoms. The molecule has 1 amide bonds. The monoisotopic (exact) mass is 389 g/mol. The first kappa shape index (κ1) is 18.9. The largest absolute Gasteiger partial charge is 0.454 e. The zero-order chi connectivity index (χ0) is 19.4. The second kappa shape index (κ2) is 8.22. The number of rotatable bonds is 6. The van der Waals surface area contributed by atoms with E-state index in [4.69, 9.17) is 14.2 Å². The van der Waals surface area contributed by atoms with Crippen LogP contribution in [0.4, 0.5) is 0 Å². The zero-order valence-electron chi connectivity index (χ0n) is 14.9. The maximum absolute atomic E-state index is 12.3. The number of carbonyl (C=O) groups is 2. The molecule has 0 aromatic heterocycles. The van der Waals surface area contributed by atoms with Crippen molar-refractivity contribution in [3.8, 4) is 11.5 Å². The number of amides is 1. The first-order chi connectivity index (χ1) is 13.0. The minimum atomic E-state index is -1.34. The maximum Gasteiger partial charge on any atom is 0.340 e. The average Bonchev–Trinajstić information content (AvgIpc) is 3.13. The van der Waals surface area contributed by atoms with Crippen molar-refractivity contribution in [2.24, 2.45) is 0 Å². The van der Waals surface area contributed by atoms with Gasteiger partial charge in [0.1, 0.15) is 0 Å². The Balaban J connectivity index is 1.58. The van der Waals surface area contributed by atoms with Gasteiger partial charge >= 0.3 is 5.97 Å². The third kappa shape index (κ3) is 4.46. The molecule has 7 nitrogen and oxygen atoms in total. The first-order valence-electron chi connectivity index (χ1n) is 8.25. The maximum atomic E-state index is 12.3. The molecule has 2 aromatic carbocycles. The van der Waals surface area contributed by atoms with Crippen LogP contribution in [0.5, 0.6) is 11.5 Å². The highest BCUT2D eigenvalue weighted by molar-refractivity contribution is 7.84. The van der Waals surface area contributed by atoms with Crippen LogP contribution in [0.2, 0.25) is 0 Å². The quantitative estimate of drug-likeness (QED) is 0.760. The molecule has 3 rings (SSSR count). The van der Waals surface area contributed by atoms with Crippen molar-refractivity contribution in [3.05, 3.63) is 53.6 Å². The molecule has 2 aromatic rings. The zero-order valence-corrected chi connectivity index (χ0v) is 15.7. The topological polar surface area (TPSA) is 90.9 Å². The number of hydrogen-bond donors (Lipinski definition) is 1. The summed E-state index contributed by atoms with van der Waals surface area (Å²) >= 11 is 0. The van der Waals surface area contributed by atoms with Gasteiger partial charge in [-0.15, -0.1) is 0 Å². The normalized spacial score (nSPS) is 14.3. The fourth-order valence-corrected chi connectivity index (χ4v) is 3.28. The highest BCUT2D eigenvalue weighted by Crippen LogP contribution is 2.32. The third-order valence-electron chi connectivity index (χ3n) is 3.97. The Morgan fingerprint density at radius 2 is 1.93 bits per heavy atom. The summed E-state index contributed by atoms with van der Waals surface area (Å²) in [5.41, 5.74) is 1.02. The minimum absolute atomic E-state index is 0.183. The van der Waals surface area contributed by atoms with Crippen molar-refractivity contribution in [2.45, 2.75) is 24.5 Å². The van der Waals surface area contributed by atoms with Gasteiger partial charge in [-0.25, -0.2) is 4.79 Å². The Morgan fingerprint density at radius 3 is 2.70 bits per heavy atom. The van der Waals surface area contributed by atoms with E-state index in [0.29, 0.717) is 16.4 Å². The number of benzene rings is 2. The van der Waals surface area contributed by atoms with E-state index in [1.54, 1.807) is 30.3 Å². The van der Waals surface area contributed by atoms with E-state index in [9.17, 15) is 13.8 Å². The number of nitrogens with one attached hydrogen (secondary N) is 1. The predicted octanol–water partition coefficient (Wildman–Crippen LogP) is 2.01. The Hall–Kier alpha value is -2.87. The number of fused-ring (bicyclic) bond motifs is 1. The third-order valence-corrected chi connectivity index (χ3v) is 4.95. The number of carbonyl (C=O) groups excluding carboxylic acids is 2. The lowest BCUT2D eigenvalue weighted by Gasteiger charge is -2.14. The molecule has 1 N–H and O–H groups in total. The second-order valence-electron chi connectivity index (χ2n) is 5.90. The second-order valence-corrected chi connectivity index (χ2v) is 7.25. The number of esters is 1. The van der Waals surface area contributed by atoms with E-state index in [1.807, 2.05) is 6.07 Å². The van der Waals surface area contributed by atoms with E-state index in [1.165, 1.54) is 19.2 Å². The van der Waals surface area contributed by atoms with Crippen LogP contribution in [-0.2, 0) is 26.9 Å². The van der Waals surface area contributed by atoms with E-state index < -0.39 is 28.8 Å². The smallest absolute Gasteiger partial charge is 0.340 e. The van der Waals surface area contributed by atoms with E-state index >= 15 is 0 Å². The minimum Gasteiger partial charge on any atom is -0.454 e. The lowest BCUT2D eigenvalue weighted by Crippen LogP contribution is -2.35. The molecule has 1 aliphatic heterocycles. The van der Waals surface area contributed by atoms with Crippen LogP contribution in [0.3, 0.4) is 0 Å². The molecule has 0 spiro atoms. The van der Waals surface area contributed by atoms with Gasteiger partial charge in [0.25, 0.3) is 5.91 Å². The van der Waals surface area contributed by atoms with Gasteiger partial charge in [0.2, 0.25) is 6.79 Å². The van der Waals surface area contributed by atoms with Crippen molar-refractivity contribution >= 4 is 22.7 Å². The van der Waals surface area contributed by atoms with E-state index in [2.05, 4.69) is 5.32 Å². The molecule has 0 aliphatic carbocycles. The molecule has 0 saturated carbocycles. The standard InChI is InChI=1S/C19H19NO6S/c1-12(26-19(22)14-5-3-4-6-17(14)27(2)23)18(21)20-10-13-7-8-15-16(9-13)25-11-24-15/h3-9,12H,10-11H2,1-2H3,(H,20,21)/t12-,27+/m1/s1. The van der Waals surface area contributed by atoms with Crippen LogP contribution in [0.1, 0.15) is 22.8 Å². The molecule has 0 radical (unpaired) electrons. The van der Waals surface area contributed by atoms with Gasteiger partial charge < -0.3 is 19.5 Å². The Morgan fingerprint density at radius 1 is 1.19 bits per heavy atom. The van der Waals surface area contributed by atoms with E-state index in [-0.39, 0.29) is 18.9 Å². The Bertz CT molecular complexity index is 898. The van der Waals surface area contributed by atoms with Gasteiger partial charge in [0.15, 0.2) is 17.6 Å². The lowest BCUT2D eigenvalue weighted by molar-refractivity contribution is -0.129. The molecule has 142 valence electrons. The van der Waals surface area contributed by atoms with E-state index in [0.717, 1.165) is 5.56 Å². The molecule has 0 fully saturated rings. The fourth-order valence-electron chi connectivity index (χ4n) is 2.55. The van der Waals surface area contributed by atoms with Crippen LogP contribution in [-0.4, -0.2) is 35.2 Å². The summed E-state index contributed by atoms with van der Waals surface area (Å²) in [4.78, 5) is 24.9. The van der Waals surface area contributed by atoms with Crippen LogP contribution in [0, 0.1) is 0 Å². The van der Waals surface area contributed by atoms with Crippen molar-refractivity contribution in [1.29, 1.82) is 0 Å². The van der Waals surface area contributed by atoms with Gasteiger partial charge in [0.05, 0.1) is 21.3 Å². The Kier molecular flexibility index (Phi) is 5.75. The van der Waals surface area contributed by atoms with Crippen LogP contribution >= 0.6 is 0 Å². The highest BCUT2D eigenvalue weighted by Gasteiger charge is 2.22. The van der Waals surface area contributed by atoms with Gasteiger partial charge in [-0.3, -0.25) is 9.00 Å². The molecule has 1 aliphatic rings. The fraction of sp³-hybridized carbons (Fsp3) is 0.263. The summed E-state index contributed by atoms with van der Waals surface area (Å²) in [7, 11) is -1.34. The molecular weight excluding hydrogens is 370 g/mol. The van der Waals surface area contributed by atoms with Gasteiger partial charge in [-0.1, -0.05) is 18.2 Å². The molecule has 27 heavy (non-hydrogen) atoms. The summed E-state index contributed by atoms with van der Waals surface area (Å²) in [5.74, 6) is 0.174. The van der Waals surface area contributed by atoms with Crippen molar-refractivity contribution in [3.63, 3.8) is 0 Å². The van der Waals surface area contributed by atoms with Gasteiger partial charge in [0, 0.05) is 12.8 Å². The molecule has 8 heteroatoms. The first-order valence-corrected chi connectivity index (χ1v) is 9.81. The predicted molar refractivity (Wildman–Crippen MR) is 98.1 cm³/mol. The van der Waals surface area contributed by atoms with Crippen LogP contribution < -0.4 is 14.8 Å². The average molecular weight is 389 g/mol. The molecule has 1 heterocycles. The molecular formula is C19H19NO6S. The Labute approximate surface area is 159 Å². The van der Waals surface area contributed by atoms with Crippen LogP contribution in [0.25, 0.3) is 0 Å². The number of ether oxygens (including phenoxy) is 3. The summed E-state index contributed by atoms with van der Waals surface area (Å²) in [6, 6.07) is 11.8. The SMILES string of the molecule is C[C@@H](OC(=O)c1ccccc1[S@](C)=O)C(=O)NCc1ccc2c(c1)OCO2. The summed E-state index contributed by atoms with van der Waals surface area (Å²) < 4.78 is 27.5. The summed E-state index contributed by atoms with van der Waals surface area (Å²) in [5, 5.41) is 2.71. The molecule has 0 saturated heterocycles. The summed E-state index contributed by atoms with van der Waals surface area (Å²) in [6.45, 7) is 1.92. The number of hydrogen-bond acceptors (Lipinski definition) is 6. The van der Waals surface area contributed by atoms with Crippen molar-refractivity contribution in [2.75, 3.05) is 13.0 Å². The van der Waals surface area contributed by atoms with Crippen LogP contribution in [0.15, 0.2) is 47.4 Å². The molecule has 0 unspecified atom stereocenters. The van der Waals surface area contributed by atoms with Crippen molar-refractivity contribution in [1.82, 2.24) is 5.32 Å². The highest BCUT2D eigenvalue weighted by atomic mass is 32.2. The molecule has 2 atom stereocenters.